The van der Waals surface area contributed by atoms with E-state index in [1.165, 1.54) is 11.3 Å². The molecule has 68 valence electrons. The molecule has 0 aliphatic heterocycles. The van der Waals surface area contributed by atoms with Gasteiger partial charge in [0.1, 0.15) is 0 Å². The van der Waals surface area contributed by atoms with Gasteiger partial charge in [-0.05, 0) is 39.7 Å². The molecule has 0 spiro atoms. The highest BCUT2D eigenvalue weighted by atomic mass is 14.8. The molecule has 0 atom stereocenters. The molecule has 0 rings (SSSR count). The van der Waals surface area contributed by atoms with E-state index in [1.807, 2.05) is 13.8 Å². The molecule has 0 amide bonds. The number of hydrogen-bond acceptors (Lipinski definition) is 1. The summed E-state index contributed by atoms with van der Waals surface area (Å²) in [6.07, 6.45) is 0.993. The monoisotopic (exact) mass is 165 g/mol. The third-order valence-electron chi connectivity index (χ3n) is 1.83. The van der Waals surface area contributed by atoms with Crippen molar-refractivity contribution in [2.24, 2.45) is 4.99 Å². The smallest absolute Gasteiger partial charge is 0.0399 e. The standard InChI is InChI=1S/C11H19N/c1-7-11(9(4)5)12-10(6)8(2)3/h2,7H2,1,3-6H3/b12-10-. The summed E-state index contributed by atoms with van der Waals surface area (Å²) in [5.74, 6) is 0. The van der Waals surface area contributed by atoms with Gasteiger partial charge in [0.2, 0.25) is 0 Å². The third-order valence-corrected chi connectivity index (χ3v) is 1.83. The Hall–Kier alpha value is -0.850. The predicted molar refractivity (Wildman–Crippen MR) is 56.6 cm³/mol. The summed E-state index contributed by atoms with van der Waals surface area (Å²) >= 11 is 0. The predicted octanol–water partition coefficient (Wildman–Crippen LogP) is 3.73. The highest BCUT2D eigenvalue weighted by Crippen LogP contribution is 2.10. The van der Waals surface area contributed by atoms with Gasteiger partial charge >= 0.3 is 0 Å². The van der Waals surface area contributed by atoms with E-state index in [4.69, 9.17) is 0 Å². The Morgan fingerprint density at radius 2 is 1.67 bits per heavy atom. The Labute approximate surface area is 75.9 Å². The van der Waals surface area contributed by atoms with Gasteiger partial charge in [-0.1, -0.05) is 19.1 Å². The normalized spacial score (nSPS) is 11.2. The van der Waals surface area contributed by atoms with E-state index in [2.05, 4.69) is 32.3 Å². The first kappa shape index (κ1) is 11.2. The second-order valence-corrected chi connectivity index (χ2v) is 3.28. The SMILES string of the molecule is C=C(C)/C(C)=N\C(CC)=C(C)C. The lowest BCUT2D eigenvalue weighted by Crippen LogP contribution is -1.93. The molecule has 0 aromatic rings. The van der Waals surface area contributed by atoms with Gasteiger partial charge in [-0.2, -0.15) is 0 Å². The molecule has 0 aliphatic rings. The van der Waals surface area contributed by atoms with Crippen LogP contribution in [0.2, 0.25) is 0 Å². The second-order valence-electron chi connectivity index (χ2n) is 3.28. The molecule has 0 radical (unpaired) electrons. The van der Waals surface area contributed by atoms with Gasteiger partial charge in [0.25, 0.3) is 0 Å². The zero-order valence-electron chi connectivity index (χ0n) is 8.86. The van der Waals surface area contributed by atoms with Crippen LogP contribution in [0.4, 0.5) is 0 Å². The van der Waals surface area contributed by atoms with E-state index < -0.39 is 0 Å². The minimum atomic E-state index is 0.993. The van der Waals surface area contributed by atoms with Crippen molar-refractivity contribution in [1.29, 1.82) is 0 Å². The molecule has 1 nitrogen and oxygen atoms in total. The van der Waals surface area contributed by atoms with E-state index in [1.54, 1.807) is 0 Å². The molecule has 0 bridgehead atoms. The number of rotatable bonds is 3. The van der Waals surface area contributed by atoms with Crippen molar-refractivity contribution in [3.8, 4) is 0 Å². The molecule has 0 saturated carbocycles. The number of hydrogen-bond donors (Lipinski definition) is 0. The molecule has 0 unspecified atom stereocenters. The molecular weight excluding hydrogens is 146 g/mol. The lowest BCUT2D eigenvalue weighted by Gasteiger charge is -2.03. The molecule has 1 heteroatoms. The van der Waals surface area contributed by atoms with Crippen molar-refractivity contribution >= 4 is 5.71 Å². The summed E-state index contributed by atoms with van der Waals surface area (Å²) in [5.41, 5.74) is 4.55. The first-order valence-corrected chi connectivity index (χ1v) is 4.36. The average Bonchev–Trinajstić information content (AvgIpc) is 1.98. The minimum absolute atomic E-state index is 0.993. The highest BCUT2D eigenvalue weighted by molar-refractivity contribution is 5.97. The van der Waals surface area contributed by atoms with E-state index in [0.29, 0.717) is 0 Å². The Morgan fingerprint density at radius 3 is 1.92 bits per heavy atom. The molecular formula is C11H19N. The lowest BCUT2D eigenvalue weighted by atomic mass is 10.2. The van der Waals surface area contributed by atoms with Crippen molar-refractivity contribution in [2.45, 2.75) is 41.0 Å². The van der Waals surface area contributed by atoms with Gasteiger partial charge in [0, 0.05) is 11.4 Å². The molecule has 0 heterocycles. The molecule has 0 aromatic carbocycles. The molecule has 0 N–H and O–H groups in total. The van der Waals surface area contributed by atoms with Crippen molar-refractivity contribution < 1.29 is 0 Å². The minimum Gasteiger partial charge on any atom is -0.258 e. The quantitative estimate of drug-likeness (QED) is 0.565. The zero-order valence-corrected chi connectivity index (χ0v) is 8.86. The van der Waals surface area contributed by atoms with Crippen LogP contribution in [0.25, 0.3) is 0 Å². The van der Waals surface area contributed by atoms with Crippen LogP contribution in [0.15, 0.2) is 28.4 Å². The Kier molecular flexibility index (Phi) is 4.57. The van der Waals surface area contributed by atoms with Crippen LogP contribution in [-0.2, 0) is 0 Å². The summed E-state index contributed by atoms with van der Waals surface area (Å²) < 4.78 is 0. The van der Waals surface area contributed by atoms with E-state index in [9.17, 15) is 0 Å². The molecule has 12 heavy (non-hydrogen) atoms. The lowest BCUT2D eigenvalue weighted by molar-refractivity contribution is 1.02. The van der Waals surface area contributed by atoms with Gasteiger partial charge < -0.3 is 0 Å². The maximum Gasteiger partial charge on any atom is 0.0399 e. The largest absolute Gasteiger partial charge is 0.258 e. The van der Waals surface area contributed by atoms with Crippen LogP contribution in [0.1, 0.15) is 41.0 Å². The molecule has 0 fully saturated rings. The van der Waals surface area contributed by atoms with Gasteiger partial charge in [-0.25, -0.2) is 0 Å². The van der Waals surface area contributed by atoms with Crippen LogP contribution in [-0.4, -0.2) is 5.71 Å². The van der Waals surface area contributed by atoms with Gasteiger partial charge in [-0.15, -0.1) is 0 Å². The van der Waals surface area contributed by atoms with Crippen LogP contribution >= 0.6 is 0 Å². The number of aliphatic imine (C=N–C) groups is 1. The second kappa shape index (κ2) is 4.91. The first-order chi connectivity index (χ1) is 5.49. The fourth-order valence-corrected chi connectivity index (χ4v) is 0.842. The maximum absolute atomic E-state index is 4.49. The van der Waals surface area contributed by atoms with E-state index >= 15 is 0 Å². The van der Waals surface area contributed by atoms with Crippen LogP contribution in [0.5, 0.6) is 0 Å². The average molecular weight is 165 g/mol. The Morgan fingerprint density at radius 1 is 1.17 bits per heavy atom. The van der Waals surface area contributed by atoms with Crippen molar-refractivity contribution in [3.05, 3.63) is 23.4 Å². The van der Waals surface area contributed by atoms with Crippen LogP contribution < -0.4 is 0 Å². The van der Waals surface area contributed by atoms with E-state index in [-0.39, 0.29) is 0 Å². The summed E-state index contributed by atoms with van der Waals surface area (Å²) in [7, 11) is 0. The van der Waals surface area contributed by atoms with Crippen LogP contribution in [0, 0.1) is 0 Å². The summed E-state index contributed by atoms with van der Waals surface area (Å²) in [4.78, 5) is 4.49. The zero-order chi connectivity index (χ0) is 9.72. The Balaban J connectivity index is 4.72. The highest BCUT2D eigenvalue weighted by Gasteiger charge is 1.96. The number of allylic oxidation sites excluding steroid dienone is 3. The van der Waals surface area contributed by atoms with E-state index in [0.717, 1.165) is 17.7 Å². The number of nitrogens with zero attached hydrogens (tertiary/aromatic N) is 1. The van der Waals surface area contributed by atoms with Gasteiger partial charge in [0.15, 0.2) is 0 Å². The molecule has 0 aromatic heterocycles. The first-order valence-electron chi connectivity index (χ1n) is 4.36. The molecule has 0 aliphatic carbocycles. The topological polar surface area (TPSA) is 12.4 Å². The maximum atomic E-state index is 4.49. The van der Waals surface area contributed by atoms with Gasteiger partial charge in [0.05, 0.1) is 0 Å². The third kappa shape index (κ3) is 3.51. The Bertz CT molecular complexity index is 227. The fraction of sp³-hybridized carbons (Fsp3) is 0.545. The fourth-order valence-electron chi connectivity index (χ4n) is 0.842. The summed E-state index contributed by atoms with van der Waals surface area (Å²) in [6.45, 7) is 14.1. The summed E-state index contributed by atoms with van der Waals surface area (Å²) in [6, 6.07) is 0. The van der Waals surface area contributed by atoms with Crippen molar-refractivity contribution in [1.82, 2.24) is 0 Å². The summed E-state index contributed by atoms with van der Waals surface area (Å²) in [5, 5.41) is 0. The van der Waals surface area contributed by atoms with Crippen molar-refractivity contribution in [2.75, 3.05) is 0 Å². The van der Waals surface area contributed by atoms with Crippen LogP contribution in [0.3, 0.4) is 0 Å². The van der Waals surface area contributed by atoms with Gasteiger partial charge in [-0.3, -0.25) is 4.99 Å². The van der Waals surface area contributed by atoms with Crippen molar-refractivity contribution in [3.63, 3.8) is 0 Å². The molecule has 0 saturated heterocycles.